The smallest absolute Gasteiger partial charge is 0.341 e. The van der Waals surface area contributed by atoms with Gasteiger partial charge < -0.3 is 25.9 Å². The number of carbonyl (C=O) groups excluding carboxylic acids is 2. The zero-order valence-electron chi connectivity index (χ0n) is 18.5. The van der Waals surface area contributed by atoms with Gasteiger partial charge in [-0.3, -0.25) is 9.59 Å². The molecule has 0 spiro atoms. The van der Waals surface area contributed by atoms with Crippen molar-refractivity contribution in [1.82, 2.24) is 9.97 Å². The van der Waals surface area contributed by atoms with Crippen LogP contribution in [0.5, 0.6) is 5.75 Å². The molecule has 0 saturated carbocycles. The van der Waals surface area contributed by atoms with Crippen LogP contribution in [0.4, 0.5) is 5.82 Å². The van der Waals surface area contributed by atoms with Crippen molar-refractivity contribution in [3.63, 3.8) is 0 Å². The number of aromatic nitrogens is 2. The summed E-state index contributed by atoms with van der Waals surface area (Å²) in [4.78, 5) is 42.5. The third kappa shape index (κ3) is 5.91. The first-order valence-corrected chi connectivity index (χ1v) is 10.7. The summed E-state index contributed by atoms with van der Waals surface area (Å²) in [7, 11) is 0. The lowest BCUT2D eigenvalue weighted by Gasteiger charge is -2.06. The number of nitrogens with zero attached hydrogens (tertiary/aromatic N) is 1. The molecule has 0 saturated heterocycles. The van der Waals surface area contributed by atoms with Gasteiger partial charge in [-0.15, -0.1) is 0 Å². The van der Waals surface area contributed by atoms with Gasteiger partial charge in [0, 0.05) is 12.0 Å². The number of anilines is 1. The molecule has 1 aromatic heterocycles. The third-order valence-electron chi connectivity index (χ3n) is 5.14. The molecule has 176 valence electrons. The first-order chi connectivity index (χ1) is 16.9. The van der Waals surface area contributed by atoms with Crippen molar-refractivity contribution in [3.05, 3.63) is 102 Å². The Labute approximate surface area is 200 Å². The number of rotatable bonds is 9. The van der Waals surface area contributed by atoms with Crippen molar-refractivity contribution in [2.24, 2.45) is 5.73 Å². The third-order valence-corrected chi connectivity index (χ3v) is 5.14. The summed E-state index contributed by atoms with van der Waals surface area (Å²) in [5.74, 6) is -1.30. The number of carboxylic acids is 1. The first kappa shape index (κ1) is 23.2. The lowest BCUT2D eigenvalue weighted by molar-refractivity contribution is -0.139. The quantitative estimate of drug-likeness (QED) is 0.294. The fourth-order valence-electron chi connectivity index (χ4n) is 3.45. The molecule has 9 nitrogen and oxygen atoms in total. The van der Waals surface area contributed by atoms with Gasteiger partial charge in [0.05, 0.1) is 0 Å². The van der Waals surface area contributed by atoms with Gasteiger partial charge in [-0.2, -0.15) is 0 Å². The van der Waals surface area contributed by atoms with Crippen LogP contribution in [0.1, 0.15) is 32.2 Å². The summed E-state index contributed by atoms with van der Waals surface area (Å²) in [5, 5.41) is 11.4. The zero-order valence-corrected chi connectivity index (χ0v) is 18.5. The van der Waals surface area contributed by atoms with Crippen molar-refractivity contribution in [3.8, 4) is 16.9 Å². The van der Waals surface area contributed by atoms with E-state index < -0.39 is 24.4 Å². The van der Waals surface area contributed by atoms with E-state index in [0.717, 1.165) is 16.7 Å². The number of primary amides is 1. The van der Waals surface area contributed by atoms with Crippen LogP contribution in [0.25, 0.3) is 11.1 Å². The molecule has 35 heavy (non-hydrogen) atoms. The largest absolute Gasteiger partial charge is 0.482 e. The van der Waals surface area contributed by atoms with E-state index >= 15 is 0 Å². The van der Waals surface area contributed by atoms with E-state index in [4.69, 9.17) is 15.6 Å². The molecule has 4 aromatic rings. The molecule has 2 amide bonds. The van der Waals surface area contributed by atoms with Gasteiger partial charge in [-0.25, -0.2) is 9.78 Å². The highest BCUT2D eigenvalue weighted by Crippen LogP contribution is 2.21. The Kier molecular flexibility index (Phi) is 6.87. The monoisotopic (exact) mass is 470 g/mol. The summed E-state index contributed by atoms with van der Waals surface area (Å²) in [6, 6.07) is 23.7. The maximum absolute atomic E-state index is 12.8. The Balaban J connectivity index is 1.46. The molecule has 9 heteroatoms. The lowest BCUT2D eigenvalue weighted by atomic mass is 10.0. The molecule has 0 radical (unpaired) electrons. The summed E-state index contributed by atoms with van der Waals surface area (Å²) in [6.07, 6.45) is 0.321. The molecule has 0 aliphatic carbocycles. The van der Waals surface area contributed by atoms with Crippen molar-refractivity contribution >= 4 is 23.6 Å². The fraction of sp³-hybridized carbons (Fsp3) is 0.0769. The van der Waals surface area contributed by atoms with Crippen molar-refractivity contribution < 1.29 is 24.2 Å². The highest BCUT2D eigenvalue weighted by Gasteiger charge is 2.18. The zero-order chi connectivity index (χ0) is 24.8. The second-order valence-electron chi connectivity index (χ2n) is 7.67. The predicted molar refractivity (Wildman–Crippen MR) is 129 cm³/mol. The molecule has 0 atom stereocenters. The van der Waals surface area contributed by atoms with E-state index in [9.17, 15) is 14.4 Å². The molecule has 0 bridgehead atoms. The van der Waals surface area contributed by atoms with E-state index in [0.29, 0.717) is 23.6 Å². The summed E-state index contributed by atoms with van der Waals surface area (Å²) in [5.41, 5.74) is 8.64. The molecule has 0 aliphatic rings. The number of nitrogens with two attached hydrogens (primary N) is 1. The van der Waals surface area contributed by atoms with E-state index in [2.05, 4.69) is 15.3 Å². The predicted octanol–water partition coefficient (Wildman–Crippen LogP) is 3.48. The maximum atomic E-state index is 12.8. The number of aromatic amines is 1. The minimum Gasteiger partial charge on any atom is -0.482 e. The van der Waals surface area contributed by atoms with Crippen molar-refractivity contribution in [2.75, 3.05) is 11.9 Å². The number of aliphatic carboxylic acids is 1. The van der Waals surface area contributed by atoms with Gasteiger partial charge in [-0.05, 0) is 41.0 Å². The molecule has 1 heterocycles. The molecule has 0 aliphatic heterocycles. The molecule has 3 aromatic carbocycles. The number of carbonyl (C=O) groups is 3. The van der Waals surface area contributed by atoms with Crippen LogP contribution >= 0.6 is 0 Å². The number of hydrogen-bond donors (Lipinski definition) is 4. The maximum Gasteiger partial charge on any atom is 0.341 e. The SMILES string of the molecule is NC(=O)c1nc(Cc2ccc(OCC(=O)O)cc2)[nH]c1NC(=O)c1ccc(-c2ccccc2)cc1. The van der Waals surface area contributed by atoms with Gasteiger partial charge in [-0.1, -0.05) is 54.6 Å². The summed E-state index contributed by atoms with van der Waals surface area (Å²) in [6.45, 7) is -0.433. The van der Waals surface area contributed by atoms with Gasteiger partial charge in [0.2, 0.25) is 0 Å². The molecule has 5 N–H and O–H groups in total. The Bertz CT molecular complexity index is 1350. The Morgan fingerprint density at radius 2 is 1.57 bits per heavy atom. The van der Waals surface area contributed by atoms with Crippen LogP contribution in [0, 0.1) is 0 Å². The van der Waals surface area contributed by atoms with E-state index in [1.54, 1.807) is 36.4 Å². The Hall–Kier alpha value is -4.92. The minimum absolute atomic E-state index is 0.0735. The van der Waals surface area contributed by atoms with Crippen molar-refractivity contribution in [1.29, 1.82) is 0 Å². The minimum atomic E-state index is -1.06. The number of H-pyrrole nitrogens is 1. The van der Waals surface area contributed by atoms with E-state index in [1.807, 2.05) is 42.5 Å². The number of ether oxygens (including phenoxy) is 1. The number of benzene rings is 3. The van der Waals surface area contributed by atoms with Crippen LogP contribution in [-0.2, 0) is 11.2 Å². The molecular weight excluding hydrogens is 448 g/mol. The van der Waals surface area contributed by atoms with Gasteiger partial charge in [0.15, 0.2) is 12.3 Å². The standard InChI is InChI=1S/C26H22N4O5/c27-24(33)23-25(29-21(28-23)14-16-6-12-20(13-7-16)35-15-22(31)32)30-26(34)19-10-8-18(9-11-19)17-4-2-1-3-5-17/h1-13H,14-15H2,(H2,27,33)(H,28,29)(H,30,34)(H,31,32). The highest BCUT2D eigenvalue weighted by atomic mass is 16.5. The van der Waals surface area contributed by atoms with Crippen molar-refractivity contribution in [2.45, 2.75) is 6.42 Å². The summed E-state index contributed by atoms with van der Waals surface area (Å²) >= 11 is 0. The van der Waals surface area contributed by atoms with E-state index in [1.165, 1.54) is 0 Å². The number of imidazole rings is 1. The Morgan fingerprint density at radius 1 is 0.914 bits per heavy atom. The Morgan fingerprint density at radius 3 is 2.20 bits per heavy atom. The topological polar surface area (TPSA) is 147 Å². The second kappa shape index (κ2) is 10.3. The second-order valence-corrected chi connectivity index (χ2v) is 7.67. The molecular formula is C26H22N4O5. The average Bonchev–Trinajstić information content (AvgIpc) is 3.26. The van der Waals surface area contributed by atoms with Crippen LogP contribution in [0.3, 0.4) is 0 Å². The van der Waals surface area contributed by atoms with E-state index in [-0.39, 0.29) is 11.5 Å². The first-order valence-electron chi connectivity index (χ1n) is 10.7. The average molecular weight is 470 g/mol. The van der Waals surface area contributed by atoms with Crippen LogP contribution in [0.2, 0.25) is 0 Å². The number of nitrogens with one attached hydrogen (secondary N) is 2. The number of carboxylic acid groups (broad SMARTS) is 1. The van der Waals surface area contributed by atoms with Crippen LogP contribution < -0.4 is 15.8 Å². The van der Waals surface area contributed by atoms with Gasteiger partial charge >= 0.3 is 5.97 Å². The van der Waals surface area contributed by atoms with Gasteiger partial charge in [0.25, 0.3) is 11.8 Å². The molecule has 0 unspecified atom stereocenters. The fourth-order valence-corrected chi connectivity index (χ4v) is 3.45. The van der Waals surface area contributed by atoms with Crippen LogP contribution in [0.15, 0.2) is 78.9 Å². The number of hydrogen-bond acceptors (Lipinski definition) is 5. The summed E-state index contributed by atoms with van der Waals surface area (Å²) < 4.78 is 5.11. The molecule has 4 rings (SSSR count). The van der Waals surface area contributed by atoms with Gasteiger partial charge in [0.1, 0.15) is 17.4 Å². The highest BCUT2D eigenvalue weighted by molar-refractivity contribution is 6.07. The number of amides is 2. The normalized spacial score (nSPS) is 10.5. The molecule has 0 fully saturated rings. The van der Waals surface area contributed by atoms with Crippen LogP contribution in [-0.4, -0.2) is 39.5 Å². The lowest BCUT2D eigenvalue weighted by Crippen LogP contribution is -2.18.